The summed E-state index contributed by atoms with van der Waals surface area (Å²) in [6.07, 6.45) is -4.81. The Balaban J connectivity index is 0.00000364. The number of carbonyl (C=O) groups excluding carboxylic acids is 1. The van der Waals surface area contributed by atoms with E-state index in [1.165, 1.54) is 31.2 Å². The van der Waals surface area contributed by atoms with Gasteiger partial charge < -0.3 is 21.1 Å². The molecule has 27 heavy (non-hydrogen) atoms. The van der Waals surface area contributed by atoms with E-state index in [4.69, 9.17) is 5.73 Å². The minimum absolute atomic E-state index is 0. The number of amides is 1. The Morgan fingerprint density at radius 1 is 1.15 bits per heavy atom. The SMILES string of the molecule is CC(=O)Nc1cccc(CN=C(N)Nc2ccccc2OC(F)(F)F)c1.I. The summed E-state index contributed by atoms with van der Waals surface area (Å²) in [7, 11) is 0. The smallest absolute Gasteiger partial charge is 0.404 e. The molecule has 2 rings (SSSR count). The van der Waals surface area contributed by atoms with E-state index in [0.717, 1.165) is 5.56 Å². The Kier molecular flexibility index (Phi) is 8.34. The highest BCUT2D eigenvalue weighted by molar-refractivity contribution is 14.0. The van der Waals surface area contributed by atoms with Crippen LogP contribution in [0.3, 0.4) is 0 Å². The van der Waals surface area contributed by atoms with Gasteiger partial charge in [0.15, 0.2) is 11.7 Å². The number of rotatable bonds is 5. The maximum Gasteiger partial charge on any atom is 0.573 e. The molecule has 0 saturated carbocycles. The summed E-state index contributed by atoms with van der Waals surface area (Å²) in [5.41, 5.74) is 7.15. The van der Waals surface area contributed by atoms with Crippen molar-refractivity contribution in [1.82, 2.24) is 0 Å². The van der Waals surface area contributed by atoms with Gasteiger partial charge >= 0.3 is 6.36 Å². The third-order valence-corrected chi connectivity index (χ3v) is 3.05. The van der Waals surface area contributed by atoms with Gasteiger partial charge in [0, 0.05) is 12.6 Å². The first-order chi connectivity index (χ1) is 12.2. The van der Waals surface area contributed by atoms with Crippen LogP contribution in [0.25, 0.3) is 0 Å². The van der Waals surface area contributed by atoms with Gasteiger partial charge in [-0.15, -0.1) is 37.1 Å². The molecule has 4 N–H and O–H groups in total. The first kappa shape index (κ1) is 22.5. The van der Waals surface area contributed by atoms with Crippen LogP contribution in [0, 0.1) is 0 Å². The molecule has 6 nitrogen and oxygen atoms in total. The van der Waals surface area contributed by atoms with E-state index in [9.17, 15) is 18.0 Å². The fraction of sp³-hybridized carbons (Fsp3) is 0.176. The zero-order valence-electron chi connectivity index (χ0n) is 14.2. The minimum Gasteiger partial charge on any atom is -0.404 e. The second-order valence-corrected chi connectivity index (χ2v) is 5.25. The van der Waals surface area contributed by atoms with Crippen LogP contribution in [-0.4, -0.2) is 18.2 Å². The molecule has 0 aliphatic carbocycles. The van der Waals surface area contributed by atoms with Crippen molar-refractivity contribution >= 4 is 47.2 Å². The van der Waals surface area contributed by atoms with Crippen molar-refractivity contribution in [3.63, 3.8) is 0 Å². The largest absolute Gasteiger partial charge is 0.573 e. The molecule has 0 aliphatic rings. The first-order valence-corrected chi connectivity index (χ1v) is 7.51. The maximum atomic E-state index is 12.4. The molecule has 1 amide bonds. The van der Waals surface area contributed by atoms with E-state index in [-0.39, 0.29) is 48.1 Å². The van der Waals surface area contributed by atoms with Crippen LogP contribution < -0.4 is 21.1 Å². The molecule has 0 atom stereocenters. The molecule has 0 spiro atoms. The van der Waals surface area contributed by atoms with Gasteiger partial charge in [-0.2, -0.15) is 0 Å². The number of guanidine groups is 1. The van der Waals surface area contributed by atoms with E-state index >= 15 is 0 Å². The summed E-state index contributed by atoms with van der Waals surface area (Å²) < 4.78 is 41.2. The highest BCUT2D eigenvalue weighted by Crippen LogP contribution is 2.29. The second-order valence-electron chi connectivity index (χ2n) is 5.25. The lowest BCUT2D eigenvalue weighted by Gasteiger charge is -2.14. The van der Waals surface area contributed by atoms with Crippen molar-refractivity contribution in [2.24, 2.45) is 10.7 Å². The van der Waals surface area contributed by atoms with Crippen molar-refractivity contribution < 1.29 is 22.7 Å². The van der Waals surface area contributed by atoms with Gasteiger partial charge in [0.05, 0.1) is 12.2 Å². The fourth-order valence-electron chi connectivity index (χ4n) is 2.09. The Morgan fingerprint density at radius 3 is 2.52 bits per heavy atom. The molecule has 0 aliphatic heterocycles. The topological polar surface area (TPSA) is 88.7 Å². The Morgan fingerprint density at radius 2 is 1.85 bits per heavy atom. The van der Waals surface area contributed by atoms with Crippen molar-refractivity contribution in [3.8, 4) is 5.75 Å². The van der Waals surface area contributed by atoms with Crippen LogP contribution in [0.1, 0.15) is 12.5 Å². The van der Waals surface area contributed by atoms with Gasteiger partial charge in [0.25, 0.3) is 0 Å². The number of anilines is 2. The number of hydrogen-bond acceptors (Lipinski definition) is 3. The zero-order valence-corrected chi connectivity index (χ0v) is 16.5. The van der Waals surface area contributed by atoms with E-state index < -0.39 is 12.1 Å². The molecule has 0 radical (unpaired) electrons. The summed E-state index contributed by atoms with van der Waals surface area (Å²) in [5.74, 6) is -0.688. The van der Waals surface area contributed by atoms with Gasteiger partial charge in [-0.05, 0) is 29.8 Å². The van der Waals surface area contributed by atoms with Crippen LogP contribution >= 0.6 is 24.0 Å². The lowest BCUT2D eigenvalue weighted by molar-refractivity contribution is -0.274. The number of carbonyl (C=O) groups is 1. The average molecular weight is 494 g/mol. The third-order valence-electron chi connectivity index (χ3n) is 3.05. The van der Waals surface area contributed by atoms with E-state index in [0.29, 0.717) is 5.69 Å². The molecule has 0 unspecified atom stereocenters. The van der Waals surface area contributed by atoms with Gasteiger partial charge in [-0.25, -0.2) is 4.99 Å². The quantitative estimate of drug-likeness (QED) is 0.332. The van der Waals surface area contributed by atoms with Crippen LogP contribution in [0.4, 0.5) is 24.5 Å². The number of nitrogens with one attached hydrogen (secondary N) is 2. The molecule has 0 saturated heterocycles. The second kappa shape index (κ2) is 10.00. The molecular formula is C17H18F3IN4O2. The number of benzene rings is 2. The number of halogens is 4. The maximum absolute atomic E-state index is 12.4. The summed E-state index contributed by atoms with van der Waals surface area (Å²) in [5, 5.41) is 5.23. The monoisotopic (exact) mass is 494 g/mol. The molecule has 0 aromatic heterocycles. The summed E-state index contributed by atoms with van der Waals surface area (Å²) in [6, 6.07) is 12.5. The molecule has 10 heteroatoms. The number of para-hydroxylation sites is 2. The molecule has 0 heterocycles. The molecule has 2 aromatic rings. The lowest BCUT2D eigenvalue weighted by atomic mass is 10.2. The standard InChI is InChI=1S/C17H17F3N4O2.HI/c1-11(25)23-13-6-4-5-12(9-13)10-22-16(21)24-14-7-2-3-8-15(14)26-17(18,19)20;/h2-9H,10H2,1H3,(H,23,25)(H3,21,22,24);1H. The van der Waals surface area contributed by atoms with Gasteiger partial charge in [-0.3, -0.25) is 4.79 Å². The predicted octanol–water partition coefficient (Wildman–Crippen LogP) is 4.09. The van der Waals surface area contributed by atoms with Gasteiger partial charge in [0.1, 0.15) is 0 Å². The number of alkyl halides is 3. The Hall–Kier alpha value is -2.50. The summed E-state index contributed by atoms with van der Waals surface area (Å²) >= 11 is 0. The number of aliphatic imine (C=N–C) groups is 1. The number of ether oxygens (including phenoxy) is 1. The average Bonchev–Trinajstić information content (AvgIpc) is 2.53. The van der Waals surface area contributed by atoms with Crippen molar-refractivity contribution in [2.45, 2.75) is 19.8 Å². The first-order valence-electron chi connectivity index (χ1n) is 7.51. The van der Waals surface area contributed by atoms with Crippen LogP contribution in [0.5, 0.6) is 5.75 Å². The van der Waals surface area contributed by atoms with Crippen LogP contribution in [-0.2, 0) is 11.3 Å². The third kappa shape index (κ3) is 8.15. The van der Waals surface area contributed by atoms with Crippen LogP contribution in [0.2, 0.25) is 0 Å². The number of nitrogens with zero attached hydrogens (tertiary/aromatic N) is 1. The van der Waals surface area contributed by atoms with E-state index in [1.54, 1.807) is 24.3 Å². The Labute approximate surface area is 171 Å². The molecule has 0 bridgehead atoms. The van der Waals surface area contributed by atoms with Crippen molar-refractivity contribution in [1.29, 1.82) is 0 Å². The summed E-state index contributed by atoms with van der Waals surface area (Å²) in [4.78, 5) is 15.1. The molecular weight excluding hydrogens is 476 g/mol. The highest BCUT2D eigenvalue weighted by atomic mass is 127. The fourth-order valence-corrected chi connectivity index (χ4v) is 2.09. The van der Waals surface area contributed by atoms with Gasteiger partial charge in [-0.1, -0.05) is 24.3 Å². The number of nitrogens with two attached hydrogens (primary N) is 1. The predicted molar refractivity (Wildman–Crippen MR) is 108 cm³/mol. The van der Waals surface area contributed by atoms with Crippen molar-refractivity contribution in [2.75, 3.05) is 10.6 Å². The van der Waals surface area contributed by atoms with Gasteiger partial charge in [0.2, 0.25) is 5.91 Å². The van der Waals surface area contributed by atoms with E-state index in [1.807, 2.05) is 0 Å². The number of hydrogen-bond donors (Lipinski definition) is 3. The molecule has 0 fully saturated rings. The highest BCUT2D eigenvalue weighted by Gasteiger charge is 2.32. The lowest BCUT2D eigenvalue weighted by Crippen LogP contribution is -2.24. The Bertz CT molecular complexity index is 813. The minimum atomic E-state index is -4.81. The zero-order chi connectivity index (χ0) is 19.2. The normalized spacial score (nSPS) is 11.3. The van der Waals surface area contributed by atoms with Crippen molar-refractivity contribution in [3.05, 3.63) is 54.1 Å². The van der Waals surface area contributed by atoms with E-state index in [2.05, 4.69) is 20.4 Å². The molecule has 2 aromatic carbocycles. The summed E-state index contributed by atoms with van der Waals surface area (Å²) in [6.45, 7) is 1.57. The molecule has 146 valence electrons. The van der Waals surface area contributed by atoms with Crippen LogP contribution in [0.15, 0.2) is 53.5 Å².